The molecule has 4 rings (SSSR count). The third-order valence-corrected chi connectivity index (χ3v) is 5.49. The molecule has 0 bridgehead atoms. The number of aromatic nitrogens is 3. The van der Waals surface area contributed by atoms with E-state index < -0.39 is 0 Å². The van der Waals surface area contributed by atoms with E-state index >= 15 is 0 Å². The summed E-state index contributed by atoms with van der Waals surface area (Å²) in [6.07, 6.45) is 0.976. The van der Waals surface area contributed by atoms with Crippen LogP contribution in [0.2, 0.25) is 0 Å². The lowest BCUT2D eigenvalue weighted by molar-refractivity contribution is 0.0768. The van der Waals surface area contributed by atoms with Gasteiger partial charge in [-0.1, -0.05) is 6.07 Å². The van der Waals surface area contributed by atoms with Gasteiger partial charge in [0, 0.05) is 26.7 Å². The average Bonchev–Trinajstić information content (AvgIpc) is 3.14. The van der Waals surface area contributed by atoms with Gasteiger partial charge in [-0.15, -0.1) is 11.3 Å². The Morgan fingerprint density at radius 3 is 3.00 bits per heavy atom. The smallest absolute Gasteiger partial charge is 0.254 e. The predicted molar refractivity (Wildman–Crippen MR) is 99.9 cm³/mol. The van der Waals surface area contributed by atoms with Crippen LogP contribution in [0.5, 0.6) is 0 Å². The van der Waals surface area contributed by atoms with Crippen molar-refractivity contribution < 1.29 is 4.79 Å². The fourth-order valence-corrected chi connectivity index (χ4v) is 4.07. The molecular formula is C18H21N5OS. The first-order valence-electron chi connectivity index (χ1n) is 8.53. The van der Waals surface area contributed by atoms with Crippen molar-refractivity contribution in [1.82, 2.24) is 25.0 Å². The number of nitrogens with zero attached hydrogens (tertiary/aromatic N) is 4. The number of rotatable bonds is 2. The van der Waals surface area contributed by atoms with Gasteiger partial charge >= 0.3 is 0 Å². The zero-order chi connectivity index (χ0) is 17.4. The van der Waals surface area contributed by atoms with Crippen LogP contribution in [0.15, 0.2) is 23.6 Å². The van der Waals surface area contributed by atoms with E-state index in [0.29, 0.717) is 5.56 Å². The standard InChI is InChI=1S/C18H21N5OS/c1-12-16-13(18(24)23-8-4-6-19-7-9-23)11-14(15-5-3-10-25-15)20-17(16)22(2)21-12/h3,5,10-11,19H,4,6-9H2,1-2H3. The summed E-state index contributed by atoms with van der Waals surface area (Å²) in [6.45, 7) is 5.25. The number of carbonyl (C=O) groups is 1. The number of thiophene rings is 1. The van der Waals surface area contributed by atoms with Gasteiger partial charge in [0.15, 0.2) is 5.65 Å². The molecular weight excluding hydrogens is 334 g/mol. The molecule has 1 aliphatic rings. The second-order valence-electron chi connectivity index (χ2n) is 6.34. The Bertz CT molecular complexity index is 907. The Morgan fingerprint density at radius 2 is 2.20 bits per heavy atom. The lowest BCUT2D eigenvalue weighted by Gasteiger charge is -2.20. The van der Waals surface area contributed by atoms with Crippen molar-refractivity contribution in [2.75, 3.05) is 26.2 Å². The minimum atomic E-state index is 0.0741. The van der Waals surface area contributed by atoms with Gasteiger partial charge in [0.25, 0.3) is 5.91 Å². The van der Waals surface area contributed by atoms with Gasteiger partial charge < -0.3 is 10.2 Å². The maximum absolute atomic E-state index is 13.3. The molecule has 1 amide bonds. The zero-order valence-electron chi connectivity index (χ0n) is 14.5. The number of carbonyl (C=O) groups excluding carboxylic acids is 1. The highest BCUT2D eigenvalue weighted by Crippen LogP contribution is 2.30. The molecule has 25 heavy (non-hydrogen) atoms. The number of nitrogens with one attached hydrogen (secondary N) is 1. The van der Waals surface area contributed by atoms with Gasteiger partial charge in [-0.05, 0) is 37.4 Å². The van der Waals surface area contributed by atoms with Crippen LogP contribution in [0.25, 0.3) is 21.6 Å². The summed E-state index contributed by atoms with van der Waals surface area (Å²) in [4.78, 5) is 21.1. The highest BCUT2D eigenvalue weighted by atomic mass is 32.1. The topological polar surface area (TPSA) is 63.1 Å². The molecule has 0 spiro atoms. The van der Waals surface area contributed by atoms with Gasteiger partial charge in [-0.3, -0.25) is 9.48 Å². The van der Waals surface area contributed by atoms with Crippen molar-refractivity contribution in [3.8, 4) is 10.6 Å². The fraction of sp³-hybridized carbons (Fsp3) is 0.389. The van der Waals surface area contributed by atoms with Gasteiger partial charge in [0.05, 0.1) is 27.2 Å². The molecule has 1 aliphatic heterocycles. The molecule has 0 saturated carbocycles. The SMILES string of the molecule is Cc1nn(C)c2nc(-c3cccs3)cc(C(=O)N3CCCNCC3)c12. The summed E-state index contributed by atoms with van der Waals surface area (Å²) in [7, 11) is 1.88. The normalized spacial score (nSPS) is 15.5. The Labute approximate surface area is 150 Å². The minimum absolute atomic E-state index is 0.0741. The number of amides is 1. The Morgan fingerprint density at radius 1 is 1.32 bits per heavy atom. The molecule has 1 fully saturated rings. The van der Waals surface area contributed by atoms with Crippen LogP contribution in [-0.4, -0.2) is 51.8 Å². The summed E-state index contributed by atoms with van der Waals surface area (Å²) in [6, 6.07) is 5.97. The Hall–Kier alpha value is -2.25. The van der Waals surface area contributed by atoms with E-state index in [0.717, 1.165) is 59.9 Å². The molecule has 1 saturated heterocycles. The molecule has 4 heterocycles. The van der Waals surface area contributed by atoms with Gasteiger partial charge in [-0.2, -0.15) is 5.10 Å². The average molecular weight is 355 g/mol. The van der Waals surface area contributed by atoms with Crippen LogP contribution in [0.4, 0.5) is 0 Å². The fourth-order valence-electron chi connectivity index (χ4n) is 3.38. The molecule has 6 nitrogen and oxygen atoms in total. The molecule has 0 unspecified atom stereocenters. The predicted octanol–water partition coefficient (Wildman–Crippen LogP) is 2.44. The second kappa shape index (κ2) is 6.57. The minimum Gasteiger partial charge on any atom is -0.337 e. The first-order valence-corrected chi connectivity index (χ1v) is 9.41. The number of fused-ring (bicyclic) bond motifs is 1. The van der Waals surface area contributed by atoms with Crippen molar-refractivity contribution in [3.63, 3.8) is 0 Å². The highest BCUT2D eigenvalue weighted by molar-refractivity contribution is 7.13. The van der Waals surface area contributed by atoms with Crippen molar-refractivity contribution in [1.29, 1.82) is 0 Å². The van der Waals surface area contributed by atoms with Crippen molar-refractivity contribution in [3.05, 3.63) is 34.8 Å². The summed E-state index contributed by atoms with van der Waals surface area (Å²) in [5.41, 5.74) is 3.15. The van der Waals surface area contributed by atoms with E-state index in [-0.39, 0.29) is 5.91 Å². The largest absolute Gasteiger partial charge is 0.337 e. The summed E-state index contributed by atoms with van der Waals surface area (Å²) in [5.74, 6) is 0.0741. The quantitative estimate of drug-likeness (QED) is 0.767. The van der Waals surface area contributed by atoms with E-state index in [1.54, 1.807) is 16.0 Å². The van der Waals surface area contributed by atoms with Crippen LogP contribution in [0.1, 0.15) is 22.5 Å². The van der Waals surface area contributed by atoms with E-state index in [1.807, 2.05) is 42.5 Å². The van der Waals surface area contributed by atoms with Gasteiger partial charge in [-0.25, -0.2) is 4.98 Å². The lowest BCUT2D eigenvalue weighted by atomic mass is 10.1. The number of pyridine rings is 1. The van der Waals surface area contributed by atoms with E-state index in [2.05, 4.69) is 10.4 Å². The van der Waals surface area contributed by atoms with Gasteiger partial charge in [0.1, 0.15) is 0 Å². The molecule has 0 aliphatic carbocycles. The summed E-state index contributed by atoms with van der Waals surface area (Å²) < 4.78 is 1.77. The Balaban J connectivity index is 1.87. The van der Waals surface area contributed by atoms with Gasteiger partial charge in [0.2, 0.25) is 0 Å². The summed E-state index contributed by atoms with van der Waals surface area (Å²) in [5, 5.41) is 10.7. The molecule has 3 aromatic heterocycles. The molecule has 0 atom stereocenters. The highest BCUT2D eigenvalue weighted by Gasteiger charge is 2.24. The van der Waals surface area contributed by atoms with Crippen LogP contribution in [0, 0.1) is 6.92 Å². The molecule has 3 aromatic rings. The van der Waals surface area contributed by atoms with Crippen molar-refractivity contribution in [2.24, 2.45) is 7.05 Å². The van der Waals surface area contributed by atoms with E-state index in [9.17, 15) is 4.79 Å². The van der Waals surface area contributed by atoms with Crippen LogP contribution in [0.3, 0.4) is 0 Å². The third kappa shape index (κ3) is 2.94. The number of aryl methyl sites for hydroxylation is 2. The first kappa shape index (κ1) is 16.2. The lowest BCUT2D eigenvalue weighted by Crippen LogP contribution is -2.34. The maximum Gasteiger partial charge on any atom is 0.254 e. The maximum atomic E-state index is 13.3. The second-order valence-corrected chi connectivity index (χ2v) is 7.28. The monoisotopic (exact) mass is 355 g/mol. The van der Waals surface area contributed by atoms with Crippen molar-refractivity contribution >= 4 is 28.3 Å². The first-order chi connectivity index (χ1) is 12.1. The third-order valence-electron chi connectivity index (χ3n) is 4.60. The number of hydrogen-bond donors (Lipinski definition) is 1. The zero-order valence-corrected chi connectivity index (χ0v) is 15.3. The van der Waals surface area contributed by atoms with Crippen LogP contribution < -0.4 is 5.32 Å². The van der Waals surface area contributed by atoms with Crippen LogP contribution in [-0.2, 0) is 7.05 Å². The number of hydrogen-bond acceptors (Lipinski definition) is 5. The van der Waals surface area contributed by atoms with E-state index in [4.69, 9.17) is 4.98 Å². The van der Waals surface area contributed by atoms with Crippen molar-refractivity contribution in [2.45, 2.75) is 13.3 Å². The molecule has 0 radical (unpaired) electrons. The van der Waals surface area contributed by atoms with E-state index in [1.165, 1.54) is 0 Å². The Kier molecular flexibility index (Phi) is 4.27. The molecule has 1 N–H and O–H groups in total. The van der Waals surface area contributed by atoms with Crippen LogP contribution >= 0.6 is 11.3 Å². The molecule has 7 heteroatoms. The summed E-state index contributed by atoms with van der Waals surface area (Å²) >= 11 is 1.63. The molecule has 0 aromatic carbocycles. The molecule has 130 valence electrons.